The predicted octanol–water partition coefficient (Wildman–Crippen LogP) is 37.0. The van der Waals surface area contributed by atoms with Crippen LogP contribution in [-0.2, 0) is 130 Å². The molecule has 9 nitrogen and oxygen atoms in total. The maximum absolute atomic E-state index is 9.29. The van der Waals surface area contributed by atoms with Crippen LogP contribution in [0.2, 0.25) is 114 Å². The molecule has 11 saturated carbocycles. The Labute approximate surface area is 897 Å². The molecule has 0 amide bonds. The van der Waals surface area contributed by atoms with Crippen LogP contribution in [0, 0.1) is 119 Å². The van der Waals surface area contributed by atoms with Crippen molar-refractivity contribution in [1.82, 2.24) is 0 Å². The quantitative estimate of drug-likeness (QED) is 0.0417. The molecule has 21 heteroatoms. The summed E-state index contributed by atoms with van der Waals surface area (Å²) in [6.07, 6.45) is 84.9. The van der Waals surface area contributed by atoms with Crippen molar-refractivity contribution < 1.29 is 145 Å². The van der Waals surface area contributed by atoms with Gasteiger partial charge >= 0.3 is 102 Å². The van der Waals surface area contributed by atoms with E-state index in [2.05, 4.69) is 119 Å². The van der Waals surface area contributed by atoms with Gasteiger partial charge < -0.3 is 132 Å². The molecule has 0 aliphatic heterocycles. The second-order valence-corrected chi connectivity index (χ2v) is 68.2. The zero-order valence-electron chi connectivity index (χ0n) is 92.5. The molecular formula is C109H242Fe6O9Si6. The normalized spacial score (nSPS) is 17.2. The van der Waals surface area contributed by atoms with Crippen LogP contribution in [0.4, 0.5) is 0 Å². The molecule has 3 atom stereocenters. The molecule has 3 N–H and O–H groups in total. The fraction of sp³-hybridized carbons (Fsp3) is 0.826. The third kappa shape index (κ3) is 119. The Morgan fingerprint density at radius 1 is 0.331 bits per heavy atom. The fourth-order valence-corrected chi connectivity index (χ4v) is 28.1. The summed E-state index contributed by atoms with van der Waals surface area (Å²) < 4.78 is 17.1. The average Bonchev–Trinajstić information content (AvgIpc) is 1.68. The van der Waals surface area contributed by atoms with Gasteiger partial charge in [-0.3, -0.25) is 0 Å². The van der Waals surface area contributed by atoms with Gasteiger partial charge in [0.1, 0.15) is 20.4 Å². The Morgan fingerprint density at radius 2 is 0.562 bits per heavy atom. The summed E-state index contributed by atoms with van der Waals surface area (Å²) >= 11 is 0. The van der Waals surface area contributed by atoms with E-state index in [4.69, 9.17) is 32.8 Å². The van der Waals surface area contributed by atoms with E-state index in [1.54, 1.807) is 7.11 Å². The first-order valence-electron chi connectivity index (χ1n) is 47.9. The van der Waals surface area contributed by atoms with Gasteiger partial charge in [0.15, 0.2) is 16.6 Å². The Bertz CT molecular complexity index is 1840. The molecule has 0 heterocycles. The van der Waals surface area contributed by atoms with Crippen molar-refractivity contribution in [2.24, 2.45) is 29.6 Å². The number of rotatable bonds is 27. The Hall–Kier alpha value is 2.67. The minimum atomic E-state index is -1.71. The summed E-state index contributed by atoms with van der Waals surface area (Å²) in [6.45, 7) is 52.5. The minimum absolute atomic E-state index is 0. The van der Waals surface area contributed by atoms with Crippen molar-refractivity contribution in [3.05, 3.63) is 114 Å². The van der Waals surface area contributed by atoms with E-state index in [-0.39, 0.29) is 205 Å². The number of carbonyl (C=O) groups excluding carboxylic acids is 3. The van der Waals surface area contributed by atoms with Crippen molar-refractivity contribution in [3.8, 4) is 0 Å². The van der Waals surface area contributed by atoms with E-state index >= 15 is 0 Å². The summed E-state index contributed by atoms with van der Waals surface area (Å²) in [5.41, 5.74) is 2.97. The van der Waals surface area contributed by atoms with E-state index < -0.39 is 49.2 Å². The fourth-order valence-electron chi connectivity index (χ4n) is 17.6. The number of aliphatic hydroxyl groups excluding tert-OH is 3. The molecule has 11 rings (SSSR count). The van der Waals surface area contributed by atoms with E-state index in [1.165, 1.54) is 365 Å². The van der Waals surface area contributed by atoms with E-state index in [9.17, 15) is 10.2 Å². The van der Waals surface area contributed by atoms with Crippen molar-refractivity contribution in [3.63, 3.8) is 0 Å². The van der Waals surface area contributed by atoms with Crippen molar-refractivity contribution in [2.45, 2.75) is 509 Å². The molecule has 0 aromatic heterocycles. The van der Waals surface area contributed by atoms with Gasteiger partial charge in [-0.2, -0.15) is 0 Å². The molecule has 0 spiro atoms. The minimum Gasteiger partial charge on any atom is -0.418 e. The van der Waals surface area contributed by atoms with Crippen molar-refractivity contribution >= 4 is 69.5 Å². The van der Waals surface area contributed by atoms with E-state index in [0.29, 0.717) is 12.5 Å². The van der Waals surface area contributed by atoms with Crippen LogP contribution in [0.5, 0.6) is 0 Å². The number of carbonyl (C=O) groups is 3. The smallest absolute Gasteiger partial charge is 0.418 e. The third-order valence-electron chi connectivity index (χ3n) is 26.7. The summed E-state index contributed by atoms with van der Waals surface area (Å²) in [4.78, 5) is 24.0. The number of hydrogen-bond donors (Lipinski definition) is 3. The van der Waals surface area contributed by atoms with Crippen LogP contribution in [0.25, 0.3) is 0 Å². The van der Waals surface area contributed by atoms with E-state index in [1.807, 2.05) is 26.4 Å². The summed E-state index contributed by atoms with van der Waals surface area (Å²) in [5.74, 6) is 5.03. The molecule has 0 radical (unpaired) electrons. The van der Waals surface area contributed by atoms with Gasteiger partial charge in [-0.05, 0) is 112 Å². The molecule has 0 aromatic carbocycles. The second-order valence-electron chi connectivity index (χ2n) is 39.4. The van der Waals surface area contributed by atoms with E-state index in [0.717, 1.165) is 78.3 Å². The average molecular weight is 2200 g/mol. The number of allylic oxidation sites excluding steroid dienone is 2. The maximum atomic E-state index is 9.29. The topological polar surface area (TPSA) is 140 Å². The largest absolute Gasteiger partial charge is 2.00 e. The van der Waals surface area contributed by atoms with Crippen LogP contribution in [0.3, 0.4) is 0 Å². The van der Waals surface area contributed by atoms with Gasteiger partial charge in [0.25, 0.3) is 0 Å². The Balaban J connectivity index is -0.0000000455. The molecular weight excluding hydrogens is 1960 g/mol. The standard InChI is InChI=1S/C12H26OSi.C11H24OSi.C10H22O2Si.C10H22OSi.C10H20OSi.C10H22Si.6C5H10.3CH2O.CH4.12CH3.6Fe/c1-4-13-14(2,3)11-7-10-12-8-5-6-9-12;1-4-12-13(2,3)10-9-11-7-5-6-8-11;1-12-13(2,9-11)8-7-10-5-3-4-6-10;1-9(12(2,3)8-11)10-6-4-5-7-10;1-5-10(2)7-6-8-12(3,4)9-11;1-9(11(2,3)4)10-7-5-6-8-10;6*1-2-4-5-3-1;3*1-2;;;;;;;;;;;;;;;;;;;/h12H,4-11H2,1-3H3;11H,4-10H2,1-3H3;10-11H,3-9H2,1-2H3;9-11H,4-8H2,1-3H3;5,11H,1-2,6-9H2,3-4H3;9-10H,5-8H2,1-4H3;6*1-5H2;3*1H2;1H4;12*1H3;;;;;;/q;;;;;;;;;;;;;;;;12*-1;6*+2. The Morgan fingerprint density at radius 3 is 0.777 bits per heavy atom. The zero-order valence-corrected chi connectivity index (χ0v) is 105. The zero-order chi connectivity index (χ0) is 84.4. The van der Waals surface area contributed by atoms with Crippen LogP contribution >= 0.6 is 0 Å². The van der Waals surface area contributed by atoms with Crippen molar-refractivity contribution in [2.75, 3.05) is 39.0 Å². The molecule has 11 fully saturated rings. The molecule has 11 aliphatic rings. The monoisotopic (exact) mass is 2200 g/mol. The maximum Gasteiger partial charge on any atom is 2.00 e. The second kappa shape index (κ2) is 130. The summed E-state index contributed by atoms with van der Waals surface area (Å²) in [7, 11) is -5.90. The van der Waals surface area contributed by atoms with Crippen LogP contribution < -0.4 is 0 Å². The first-order chi connectivity index (χ1) is 53.1. The predicted molar refractivity (Wildman–Crippen MR) is 595 cm³/mol. The van der Waals surface area contributed by atoms with Gasteiger partial charge in [-0.25, -0.2) is 0 Å². The van der Waals surface area contributed by atoms with Gasteiger partial charge in [0.2, 0.25) is 8.32 Å². The first kappa shape index (κ1) is 191. The molecule has 11 aliphatic carbocycles. The third-order valence-corrected chi connectivity index (χ3v) is 44.4. The molecule has 0 bridgehead atoms. The molecule has 0 aromatic rings. The summed E-state index contributed by atoms with van der Waals surface area (Å²) in [6, 6.07) is 5.03. The van der Waals surface area contributed by atoms with Crippen molar-refractivity contribution in [1.29, 1.82) is 0 Å². The molecule has 3 unspecified atom stereocenters. The van der Waals surface area contributed by atoms with Gasteiger partial charge in [-0.1, -0.05) is 451 Å². The van der Waals surface area contributed by atoms with Gasteiger partial charge in [0.05, 0.1) is 22.4 Å². The SMILES string of the molecule is C.C1CCCC1.C1CCCC1.C1CCCC1.C1CCCC1.C1CCCC1.C1CCCC1.C=CC(=C)CCC[Si](C)(C)CO.C=O.C=O.C=O.CC(C1CCCC1)[Si](C)(C)C.CC(C1CCCC1)[Si](C)(C)CO.CCO[Si](C)(C)CCC1CCCC1.CCO[Si](C)(C)CCCC1CCCC1.CO[Si](C)(CO)CCC1CCCC1.[CH3-].[CH3-].[CH3-].[CH3-].[CH3-].[CH3-].[CH3-].[CH3-].[CH3-].[CH3-].[CH3-].[CH3-].[Fe+2].[Fe+2].[Fe+2].[Fe+2].[Fe+2].[Fe+2]. The molecule has 0 saturated heterocycles. The van der Waals surface area contributed by atoms with Crippen LogP contribution in [0.1, 0.15) is 395 Å². The van der Waals surface area contributed by atoms with Gasteiger partial charge in [-0.15, -0.1) is 0 Å². The van der Waals surface area contributed by atoms with Gasteiger partial charge in [0, 0.05) is 40.9 Å². The number of hydrogen-bond acceptors (Lipinski definition) is 9. The summed E-state index contributed by atoms with van der Waals surface area (Å²) in [5, 5.41) is 27.5. The molecule has 130 heavy (non-hydrogen) atoms. The Kier molecular flexibility index (Phi) is 191. The first-order valence-corrected chi connectivity index (χ1v) is 67.2. The number of aliphatic hydroxyl groups is 3. The molecule has 804 valence electrons. The van der Waals surface area contributed by atoms with Crippen LogP contribution in [0.15, 0.2) is 24.8 Å². The van der Waals surface area contributed by atoms with Crippen LogP contribution in [-0.4, -0.2) is 124 Å².